The summed E-state index contributed by atoms with van der Waals surface area (Å²) >= 11 is 1.55. The lowest BCUT2D eigenvalue weighted by atomic mass is 10.1. The Hall–Kier alpha value is -2.78. The molecule has 0 saturated heterocycles. The Bertz CT molecular complexity index is 1130. The highest BCUT2D eigenvalue weighted by molar-refractivity contribution is 7.15. The highest BCUT2D eigenvalue weighted by Crippen LogP contribution is 2.33. The summed E-state index contributed by atoms with van der Waals surface area (Å²) < 4.78 is 29.0. The minimum atomic E-state index is -0.654. The topological polar surface area (TPSA) is 70.6 Å². The lowest BCUT2D eigenvalue weighted by Gasteiger charge is -2.06. The summed E-state index contributed by atoms with van der Waals surface area (Å²) in [5.74, 6) is -1.30. The fraction of sp³-hybridized carbons (Fsp3) is 0.222. The molecule has 1 N–H and O–H groups in total. The van der Waals surface area contributed by atoms with E-state index in [4.69, 9.17) is 0 Å². The Morgan fingerprint density at radius 2 is 1.81 bits per heavy atom. The zero-order valence-corrected chi connectivity index (χ0v) is 15.7. The van der Waals surface area contributed by atoms with Gasteiger partial charge in [0.05, 0.1) is 22.0 Å². The van der Waals surface area contributed by atoms with Crippen molar-refractivity contribution >= 4 is 22.4 Å². The number of aromatic amines is 1. The molecule has 0 aliphatic carbocycles. The Labute approximate surface area is 157 Å². The molecule has 4 rings (SSSR count). The number of halogens is 2. The summed E-state index contributed by atoms with van der Waals surface area (Å²) in [5, 5.41) is 10.6. The number of nitrogens with zero attached hydrogens (tertiary/aromatic N) is 5. The van der Waals surface area contributed by atoms with Gasteiger partial charge in [-0.05, 0) is 39.2 Å². The molecule has 138 valence electrons. The van der Waals surface area contributed by atoms with Crippen molar-refractivity contribution in [1.29, 1.82) is 0 Å². The molecule has 0 amide bonds. The standard InChI is InChI=1S/C18H16F2N6S/c1-9-18(27-14(21-9)8-26(2)3)13-6-4-5-12(22-13)10-7-11(19)16-17(15(10)20)24-25-23-16/h4-7H,8H2,1-3H3,(H,23,24,25). The first-order valence-electron chi connectivity index (χ1n) is 8.21. The van der Waals surface area contributed by atoms with E-state index in [1.54, 1.807) is 23.5 Å². The van der Waals surface area contributed by atoms with Crippen LogP contribution in [0.1, 0.15) is 10.7 Å². The van der Waals surface area contributed by atoms with Crippen LogP contribution >= 0.6 is 11.3 Å². The first kappa shape index (κ1) is 17.6. The number of aromatic nitrogens is 5. The number of aryl methyl sites for hydroxylation is 1. The van der Waals surface area contributed by atoms with E-state index in [-0.39, 0.29) is 16.6 Å². The first-order chi connectivity index (χ1) is 12.9. The van der Waals surface area contributed by atoms with Crippen LogP contribution in [0.2, 0.25) is 0 Å². The highest BCUT2D eigenvalue weighted by atomic mass is 32.1. The number of rotatable bonds is 4. The molecule has 0 radical (unpaired) electrons. The van der Waals surface area contributed by atoms with Gasteiger partial charge in [0.2, 0.25) is 0 Å². The van der Waals surface area contributed by atoms with Crippen molar-refractivity contribution in [2.45, 2.75) is 13.5 Å². The molecule has 0 unspecified atom stereocenters. The van der Waals surface area contributed by atoms with Crippen molar-refractivity contribution in [2.24, 2.45) is 0 Å². The minimum Gasteiger partial charge on any atom is -0.303 e. The van der Waals surface area contributed by atoms with E-state index in [0.717, 1.165) is 28.2 Å². The van der Waals surface area contributed by atoms with Crippen LogP contribution in [0.25, 0.3) is 32.9 Å². The quantitative estimate of drug-likeness (QED) is 0.578. The normalized spacial score (nSPS) is 11.6. The maximum Gasteiger partial charge on any atom is 0.162 e. The maximum absolute atomic E-state index is 14.8. The number of H-pyrrole nitrogens is 1. The lowest BCUT2D eigenvalue weighted by Crippen LogP contribution is -2.10. The van der Waals surface area contributed by atoms with Crippen LogP contribution in [0.15, 0.2) is 24.3 Å². The Balaban J connectivity index is 1.80. The van der Waals surface area contributed by atoms with E-state index in [1.807, 2.05) is 32.0 Å². The molecule has 0 spiro atoms. The van der Waals surface area contributed by atoms with Gasteiger partial charge >= 0.3 is 0 Å². The van der Waals surface area contributed by atoms with Crippen LogP contribution in [0.5, 0.6) is 0 Å². The molecule has 4 aromatic rings. The van der Waals surface area contributed by atoms with Gasteiger partial charge in [-0.1, -0.05) is 6.07 Å². The average Bonchev–Trinajstić information content (AvgIpc) is 3.25. The molecular formula is C18H16F2N6S. The summed E-state index contributed by atoms with van der Waals surface area (Å²) in [4.78, 5) is 12.1. The molecular weight excluding hydrogens is 370 g/mol. The fourth-order valence-corrected chi connectivity index (χ4v) is 4.01. The van der Waals surface area contributed by atoms with Gasteiger partial charge in [-0.2, -0.15) is 15.4 Å². The van der Waals surface area contributed by atoms with Gasteiger partial charge in [0.1, 0.15) is 5.01 Å². The van der Waals surface area contributed by atoms with Crippen molar-refractivity contribution in [2.75, 3.05) is 14.1 Å². The summed E-state index contributed by atoms with van der Waals surface area (Å²) in [5.41, 5.74) is 1.65. The molecule has 0 bridgehead atoms. The van der Waals surface area contributed by atoms with Gasteiger partial charge in [0, 0.05) is 12.1 Å². The SMILES string of the molecule is Cc1nc(CN(C)C)sc1-c1cccc(-c2cc(F)c3n[nH]nc3c2F)n1. The van der Waals surface area contributed by atoms with Crippen molar-refractivity contribution in [3.8, 4) is 21.8 Å². The molecule has 0 aliphatic rings. The Morgan fingerprint density at radius 3 is 2.59 bits per heavy atom. The molecule has 6 nitrogen and oxygen atoms in total. The minimum absolute atomic E-state index is 0.0476. The summed E-state index contributed by atoms with van der Waals surface area (Å²) in [6.45, 7) is 2.65. The first-order valence-corrected chi connectivity index (χ1v) is 9.03. The molecule has 0 atom stereocenters. The number of fused-ring (bicyclic) bond motifs is 1. The van der Waals surface area contributed by atoms with Crippen LogP contribution in [0, 0.1) is 18.6 Å². The highest BCUT2D eigenvalue weighted by Gasteiger charge is 2.19. The molecule has 0 aliphatic heterocycles. The van der Waals surface area contributed by atoms with Gasteiger partial charge in [-0.15, -0.1) is 11.3 Å². The van der Waals surface area contributed by atoms with E-state index in [2.05, 4.69) is 25.4 Å². The number of benzene rings is 1. The second-order valence-electron chi connectivity index (χ2n) is 6.41. The number of hydrogen-bond donors (Lipinski definition) is 1. The fourth-order valence-electron chi connectivity index (χ4n) is 2.86. The van der Waals surface area contributed by atoms with Crippen molar-refractivity contribution in [3.05, 3.63) is 46.6 Å². The van der Waals surface area contributed by atoms with Gasteiger partial charge in [0.25, 0.3) is 0 Å². The lowest BCUT2D eigenvalue weighted by molar-refractivity contribution is 0.401. The maximum atomic E-state index is 14.8. The van der Waals surface area contributed by atoms with Crippen LogP contribution in [0.4, 0.5) is 8.78 Å². The Kier molecular flexibility index (Phi) is 4.40. The van der Waals surface area contributed by atoms with Crippen molar-refractivity contribution in [1.82, 2.24) is 30.3 Å². The predicted octanol–water partition coefficient (Wildman–Crippen LogP) is 3.79. The number of nitrogens with one attached hydrogen (secondary N) is 1. The second kappa shape index (κ2) is 6.75. The summed E-state index contributed by atoms with van der Waals surface area (Å²) in [6, 6.07) is 6.35. The van der Waals surface area contributed by atoms with E-state index in [9.17, 15) is 8.78 Å². The monoisotopic (exact) mass is 386 g/mol. The zero-order chi connectivity index (χ0) is 19.1. The molecule has 1 aromatic carbocycles. The van der Waals surface area contributed by atoms with Gasteiger partial charge < -0.3 is 4.90 Å². The molecule has 9 heteroatoms. The van der Waals surface area contributed by atoms with Crippen LogP contribution < -0.4 is 0 Å². The third-order valence-electron chi connectivity index (χ3n) is 4.04. The smallest absolute Gasteiger partial charge is 0.162 e. The molecule has 3 heterocycles. The van der Waals surface area contributed by atoms with Gasteiger partial charge in [-0.25, -0.2) is 18.7 Å². The number of thiazole rings is 1. The molecule has 27 heavy (non-hydrogen) atoms. The van der Waals surface area contributed by atoms with Gasteiger partial charge in [0.15, 0.2) is 22.7 Å². The number of pyridine rings is 1. The van der Waals surface area contributed by atoms with E-state index in [1.165, 1.54) is 0 Å². The van der Waals surface area contributed by atoms with Gasteiger partial charge in [-0.3, -0.25) is 0 Å². The van der Waals surface area contributed by atoms with E-state index >= 15 is 0 Å². The molecule has 0 saturated carbocycles. The van der Waals surface area contributed by atoms with E-state index in [0.29, 0.717) is 11.4 Å². The largest absolute Gasteiger partial charge is 0.303 e. The average molecular weight is 386 g/mol. The van der Waals surface area contributed by atoms with Crippen LogP contribution in [-0.2, 0) is 6.54 Å². The summed E-state index contributed by atoms with van der Waals surface area (Å²) in [7, 11) is 3.96. The number of hydrogen-bond acceptors (Lipinski definition) is 6. The third kappa shape index (κ3) is 3.19. The zero-order valence-electron chi connectivity index (χ0n) is 14.9. The molecule has 3 aromatic heterocycles. The second-order valence-corrected chi connectivity index (χ2v) is 7.49. The van der Waals surface area contributed by atoms with E-state index < -0.39 is 11.6 Å². The summed E-state index contributed by atoms with van der Waals surface area (Å²) in [6.07, 6.45) is 0. The predicted molar refractivity (Wildman–Crippen MR) is 100 cm³/mol. The third-order valence-corrected chi connectivity index (χ3v) is 5.20. The van der Waals surface area contributed by atoms with Crippen LogP contribution in [-0.4, -0.2) is 44.4 Å². The Morgan fingerprint density at radius 1 is 1.07 bits per heavy atom. The molecule has 0 fully saturated rings. The van der Waals surface area contributed by atoms with Crippen molar-refractivity contribution < 1.29 is 8.78 Å². The van der Waals surface area contributed by atoms with Crippen molar-refractivity contribution in [3.63, 3.8) is 0 Å². The van der Waals surface area contributed by atoms with Crippen LogP contribution in [0.3, 0.4) is 0 Å².